The third kappa shape index (κ3) is 3.73. The number of carbonyl (C=O) groups is 1. The smallest absolute Gasteiger partial charge is 0.322 e. The van der Waals surface area contributed by atoms with E-state index < -0.39 is 0 Å². The van der Waals surface area contributed by atoms with Crippen LogP contribution in [0.1, 0.15) is 6.42 Å². The third-order valence-corrected chi connectivity index (χ3v) is 5.15. The van der Waals surface area contributed by atoms with Crippen LogP contribution >= 0.6 is 0 Å². The van der Waals surface area contributed by atoms with Gasteiger partial charge in [-0.2, -0.15) is 0 Å². The van der Waals surface area contributed by atoms with Crippen LogP contribution in [0.5, 0.6) is 0 Å². The largest absolute Gasteiger partial charge is 0.338 e. The lowest BCUT2D eigenvalue weighted by Gasteiger charge is -2.37. The molecule has 0 radical (unpaired) electrons. The van der Waals surface area contributed by atoms with Crippen molar-refractivity contribution in [2.75, 3.05) is 42.5 Å². The molecule has 0 aromatic heterocycles. The number of rotatable bonds is 3. The van der Waals surface area contributed by atoms with Crippen molar-refractivity contribution in [3.63, 3.8) is 0 Å². The monoisotopic (exact) mass is 372 g/mol. The number of carbonyl (C=O) groups excluding carboxylic acids is 1. The lowest BCUT2D eigenvalue weighted by Crippen LogP contribution is -2.48. The van der Waals surface area contributed by atoms with Gasteiger partial charge in [0.25, 0.3) is 0 Å². The van der Waals surface area contributed by atoms with Gasteiger partial charge in [-0.25, -0.2) is 13.6 Å². The highest BCUT2D eigenvalue weighted by Gasteiger charge is 2.28. The summed E-state index contributed by atoms with van der Waals surface area (Å²) in [5.41, 5.74) is 2.01. The molecule has 1 saturated heterocycles. The molecule has 0 bridgehead atoms. The van der Waals surface area contributed by atoms with E-state index in [2.05, 4.69) is 10.6 Å². The molecule has 0 saturated carbocycles. The minimum Gasteiger partial charge on any atom is -0.338 e. The lowest BCUT2D eigenvalue weighted by molar-refractivity contribution is 0.244. The number of halogens is 2. The predicted molar refractivity (Wildman–Crippen MR) is 102 cm³/mol. The summed E-state index contributed by atoms with van der Waals surface area (Å²) in [4.78, 5) is 16.3. The fourth-order valence-electron chi connectivity index (χ4n) is 3.70. The van der Waals surface area contributed by atoms with Crippen LogP contribution in [0.3, 0.4) is 0 Å². The highest BCUT2D eigenvalue weighted by molar-refractivity contribution is 5.97. The van der Waals surface area contributed by atoms with Crippen LogP contribution in [0.25, 0.3) is 0 Å². The maximum Gasteiger partial charge on any atom is 0.322 e. The van der Waals surface area contributed by atoms with Crippen molar-refractivity contribution in [3.05, 3.63) is 54.1 Å². The first-order valence-electron chi connectivity index (χ1n) is 9.20. The molecular weight excluding hydrogens is 350 g/mol. The predicted octanol–water partition coefficient (Wildman–Crippen LogP) is 3.24. The summed E-state index contributed by atoms with van der Waals surface area (Å²) in [6, 6.07) is 10.3. The first kappa shape index (κ1) is 17.7. The maximum atomic E-state index is 13.9. The molecule has 0 aliphatic carbocycles. The van der Waals surface area contributed by atoms with Gasteiger partial charge in [-0.15, -0.1) is 0 Å². The van der Waals surface area contributed by atoms with Crippen LogP contribution in [0, 0.1) is 17.6 Å². The van der Waals surface area contributed by atoms with Gasteiger partial charge in [0.15, 0.2) is 0 Å². The van der Waals surface area contributed by atoms with E-state index in [9.17, 15) is 13.6 Å². The fourth-order valence-corrected chi connectivity index (χ4v) is 3.70. The van der Waals surface area contributed by atoms with Gasteiger partial charge in [0.2, 0.25) is 0 Å². The first-order valence-corrected chi connectivity index (χ1v) is 9.20. The summed E-state index contributed by atoms with van der Waals surface area (Å²) in [5, 5.41) is 6.28. The molecule has 2 aromatic rings. The molecule has 1 atom stereocenters. The Morgan fingerprint density at radius 1 is 1.07 bits per heavy atom. The number of urea groups is 1. The molecule has 2 aromatic carbocycles. The summed E-state index contributed by atoms with van der Waals surface area (Å²) in [6.45, 7) is 3.49. The topological polar surface area (TPSA) is 47.6 Å². The van der Waals surface area contributed by atoms with Crippen molar-refractivity contribution < 1.29 is 13.6 Å². The van der Waals surface area contributed by atoms with E-state index >= 15 is 0 Å². The van der Waals surface area contributed by atoms with E-state index in [1.165, 1.54) is 24.3 Å². The molecule has 27 heavy (non-hydrogen) atoms. The highest BCUT2D eigenvalue weighted by Crippen LogP contribution is 2.38. The van der Waals surface area contributed by atoms with Gasteiger partial charge in [-0.1, -0.05) is 0 Å². The summed E-state index contributed by atoms with van der Waals surface area (Å²) in [7, 11) is 0. The van der Waals surface area contributed by atoms with E-state index in [1.807, 2.05) is 4.90 Å². The van der Waals surface area contributed by atoms with Crippen molar-refractivity contribution >= 4 is 23.1 Å². The zero-order chi connectivity index (χ0) is 18.8. The maximum absolute atomic E-state index is 13.9. The van der Waals surface area contributed by atoms with Crippen molar-refractivity contribution in [2.45, 2.75) is 6.42 Å². The van der Waals surface area contributed by atoms with Gasteiger partial charge in [0.1, 0.15) is 11.6 Å². The van der Waals surface area contributed by atoms with Crippen LogP contribution in [-0.4, -0.2) is 38.8 Å². The summed E-state index contributed by atoms with van der Waals surface area (Å²) in [5.74, 6) is -0.250. The first-order chi connectivity index (χ1) is 13.1. The molecule has 2 N–H and O–H groups in total. The zero-order valence-electron chi connectivity index (χ0n) is 14.9. The van der Waals surface area contributed by atoms with Gasteiger partial charge < -0.3 is 15.5 Å². The SMILES string of the molecule is O=C(NC[C@H]1CCNC1)N1CCN(c2ccc(F)cc2)c2cc(F)ccc21. The number of hydrogen-bond donors (Lipinski definition) is 2. The summed E-state index contributed by atoms with van der Waals surface area (Å²) < 4.78 is 27.2. The number of hydrogen-bond acceptors (Lipinski definition) is 3. The summed E-state index contributed by atoms with van der Waals surface area (Å²) >= 11 is 0. The molecule has 2 aliphatic rings. The minimum atomic E-state index is -0.375. The number of nitrogens with zero attached hydrogens (tertiary/aromatic N) is 2. The average molecular weight is 372 g/mol. The quantitative estimate of drug-likeness (QED) is 0.870. The molecule has 2 heterocycles. The molecule has 1 fully saturated rings. The number of amides is 2. The van der Waals surface area contributed by atoms with Crippen molar-refractivity contribution in [2.24, 2.45) is 5.92 Å². The molecule has 7 heteroatoms. The minimum absolute atomic E-state index is 0.173. The Bertz CT molecular complexity index is 821. The van der Waals surface area contributed by atoms with Gasteiger partial charge in [0, 0.05) is 25.3 Å². The van der Waals surface area contributed by atoms with Crippen LogP contribution in [0.2, 0.25) is 0 Å². The molecule has 4 rings (SSSR count). The van der Waals surface area contributed by atoms with Crippen LogP contribution in [0.15, 0.2) is 42.5 Å². The number of anilines is 3. The number of benzene rings is 2. The molecular formula is C20H22F2N4O. The second-order valence-electron chi connectivity index (χ2n) is 6.96. The van der Waals surface area contributed by atoms with E-state index in [4.69, 9.17) is 0 Å². The molecule has 0 unspecified atom stereocenters. The van der Waals surface area contributed by atoms with Crippen molar-refractivity contribution in [1.29, 1.82) is 0 Å². The molecule has 2 amide bonds. The van der Waals surface area contributed by atoms with Gasteiger partial charge in [-0.05, 0) is 67.9 Å². The Hall–Kier alpha value is -2.67. The van der Waals surface area contributed by atoms with E-state index in [-0.39, 0.29) is 17.7 Å². The Morgan fingerprint density at radius 2 is 1.85 bits per heavy atom. The highest BCUT2D eigenvalue weighted by atomic mass is 19.1. The molecule has 142 valence electrons. The second kappa shape index (κ2) is 7.52. The Labute approximate surface area is 157 Å². The van der Waals surface area contributed by atoms with Gasteiger partial charge in [0.05, 0.1) is 11.4 Å². The lowest BCUT2D eigenvalue weighted by atomic mass is 10.1. The molecule has 5 nitrogen and oxygen atoms in total. The summed E-state index contributed by atoms with van der Waals surface area (Å²) in [6.07, 6.45) is 1.06. The van der Waals surface area contributed by atoms with E-state index in [0.29, 0.717) is 36.9 Å². The van der Waals surface area contributed by atoms with E-state index in [0.717, 1.165) is 25.2 Å². The zero-order valence-corrected chi connectivity index (χ0v) is 14.9. The van der Waals surface area contributed by atoms with Crippen molar-refractivity contribution in [3.8, 4) is 0 Å². The van der Waals surface area contributed by atoms with Crippen LogP contribution < -0.4 is 20.4 Å². The van der Waals surface area contributed by atoms with Gasteiger partial charge in [-0.3, -0.25) is 4.90 Å². The van der Waals surface area contributed by atoms with Crippen LogP contribution in [0.4, 0.5) is 30.6 Å². The Balaban J connectivity index is 1.57. The van der Waals surface area contributed by atoms with Crippen LogP contribution in [-0.2, 0) is 0 Å². The number of fused-ring (bicyclic) bond motifs is 1. The Kier molecular flexibility index (Phi) is 4.94. The average Bonchev–Trinajstić information content (AvgIpc) is 3.19. The standard InChI is InChI=1S/C20H22F2N4O/c21-15-1-4-17(5-2-15)25-9-10-26(18-6-3-16(22)11-19(18)25)20(27)24-13-14-7-8-23-12-14/h1-6,11,14,23H,7-10,12-13H2,(H,24,27)/t14-/m0/s1. The molecule has 0 spiro atoms. The molecule has 2 aliphatic heterocycles. The second-order valence-corrected chi connectivity index (χ2v) is 6.96. The normalized spacial score (nSPS) is 19.1. The van der Waals surface area contributed by atoms with Gasteiger partial charge >= 0.3 is 6.03 Å². The number of nitrogens with one attached hydrogen (secondary N) is 2. The Morgan fingerprint density at radius 3 is 2.59 bits per heavy atom. The van der Waals surface area contributed by atoms with E-state index in [1.54, 1.807) is 23.1 Å². The third-order valence-electron chi connectivity index (χ3n) is 5.15. The van der Waals surface area contributed by atoms with Crippen molar-refractivity contribution in [1.82, 2.24) is 10.6 Å². The fraction of sp³-hybridized carbons (Fsp3) is 0.350.